The Hall–Kier alpha value is -1.51. The van der Waals surface area contributed by atoms with Gasteiger partial charge in [0.1, 0.15) is 5.82 Å². The fourth-order valence-electron chi connectivity index (χ4n) is 2.21. The number of carboxylic acids is 1. The fourth-order valence-corrected chi connectivity index (χ4v) is 3.90. The van der Waals surface area contributed by atoms with Crippen LogP contribution < -0.4 is 0 Å². The molecule has 1 saturated heterocycles. The van der Waals surface area contributed by atoms with Gasteiger partial charge in [-0.25, -0.2) is 17.6 Å². The van der Waals surface area contributed by atoms with Crippen LogP contribution in [0.2, 0.25) is 0 Å². The number of hydrogen-bond acceptors (Lipinski definition) is 4. The minimum Gasteiger partial charge on any atom is -0.478 e. The number of likely N-dealkylation sites (N-methyl/N-ethyl adjacent to an activating group) is 1. The second-order valence-corrected chi connectivity index (χ2v) is 7.00. The van der Waals surface area contributed by atoms with Crippen LogP contribution in [0.1, 0.15) is 15.9 Å². The number of rotatable bonds is 3. The first-order valence-corrected chi connectivity index (χ1v) is 7.89. The molecule has 0 radical (unpaired) electrons. The fraction of sp³-hybridized carbons (Fsp3) is 0.462. The predicted molar refractivity (Wildman–Crippen MR) is 74.4 cm³/mol. The van der Waals surface area contributed by atoms with Crippen molar-refractivity contribution < 1.29 is 22.7 Å². The molecule has 0 aliphatic carbocycles. The molecule has 0 spiro atoms. The van der Waals surface area contributed by atoms with Gasteiger partial charge in [0.05, 0.1) is 10.5 Å². The molecule has 0 unspecified atom stereocenters. The predicted octanol–water partition coefficient (Wildman–Crippen LogP) is 0.768. The smallest absolute Gasteiger partial charge is 0.335 e. The molecule has 0 bridgehead atoms. The van der Waals surface area contributed by atoms with Gasteiger partial charge < -0.3 is 10.0 Å². The molecule has 116 valence electrons. The van der Waals surface area contributed by atoms with Crippen LogP contribution in [0.5, 0.6) is 0 Å². The van der Waals surface area contributed by atoms with Crippen molar-refractivity contribution in [3.8, 4) is 0 Å². The van der Waals surface area contributed by atoms with Crippen LogP contribution in [0.25, 0.3) is 0 Å². The molecular formula is C13H17FN2O4S. The molecule has 0 aromatic heterocycles. The van der Waals surface area contributed by atoms with Gasteiger partial charge in [-0.05, 0) is 26.1 Å². The largest absolute Gasteiger partial charge is 0.478 e. The number of aromatic carboxylic acids is 1. The third-order valence-corrected chi connectivity index (χ3v) is 5.65. The summed E-state index contributed by atoms with van der Waals surface area (Å²) in [5.74, 6) is -2.19. The molecule has 1 N–H and O–H groups in total. The monoisotopic (exact) mass is 316 g/mol. The lowest BCUT2D eigenvalue weighted by molar-refractivity contribution is 0.0696. The number of piperazine rings is 1. The average molecular weight is 316 g/mol. The van der Waals surface area contributed by atoms with E-state index in [1.54, 1.807) is 0 Å². The first kappa shape index (κ1) is 15.9. The topological polar surface area (TPSA) is 77.9 Å². The van der Waals surface area contributed by atoms with E-state index in [9.17, 15) is 17.6 Å². The van der Waals surface area contributed by atoms with Gasteiger partial charge in [0.25, 0.3) is 0 Å². The first-order valence-electron chi connectivity index (χ1n) is 6.45. The van der Waals surface area contributed by atoms with Gasteiger partial charge in [0.15, 0.2) is 0 Å². The summed E-state index contributed by atoms with van der Waals surface area (Å²) in [4.78, 5) is 12.7. The summed E-state index contributed by atoms with van der Waals surface area (Å²) in [7, 11) is -2.00. The molecule has 1 aromatic carbocycles. The van der Waals surface area contributed by atoms with Crippen molar-refractivity contribution in [2.45, 2.75) is 11.8 Å². The van der Waals surface area contributed by atoms with E-state index in [0.717, 1.165) is 12.1 Å². The second-order valence-electron chi connectivity index (χ2n) is 5.09. The highest BCUT2D eigenvalue weighted by Crippen LogP contribution is 2.24. The van der Waals surface area contributed by atoms with Gasteiger partial charge in [-0.2, -0.15) is 4.31 Å². The lowest BCUT2D eigenvalue weighted by Crippen LogP contribution is -2.47. The molecule has 8 heteroatoms. The maximum Gasteiger partial charge on any atom is 0.335 e. The SMILES string of the molecule is Cc1c(F)cc(C(=O)O)cc1S(=O)(=O)N1CCN(C)CC1. The molecule has 1 fully saturated rings. The molecule has 6 nitrogen and oxygen atoms in total. The Labute approximate surface area is 122 Å². The summed E-state index contributed by atoms with van der Waals surface area (Å²) in [6.45, 7) is 3.11. The van der Waals surface area contributed by atoms with Gasteiger partial charge >= 0.3 is 5.97 Å². The third kappa shape index (κ3) is 3.07. The van der Waals surface area contributed by atoms with Crippen LogP contribution in [-0.4, -0.2) is 61.9 Å². The Morgan fingerprint density at radius 3 is 2.33 bits per heavy atom. The summed E-state index contributed by atoms with van der Waals surface area (Å²) in [6.07, 6.45) is 0. The molecule has 21 heavy (non-hydrogen) atoms. The summed E-state index contributed by atoms with van der Waals surface area (Å²) in [5.41, 5.74) is -0.426. The van der Waals surface area contributed by atoms with Crippen molar-refractivity contribution in [1.82, 2.24) is 9.21 Å². The molecule has 1 aromatic rings. The van der Waals surface area contributed by atoms with Crippen molar-refractivity contribution in [2.24, 2.45) is 0 Å². The average Bonchev–Trinajstić information content (AvgIpc) is 2.41. The summed E-state index contributed by atoms with van der Waals surface area (Å²) in [5, 5.41) is 8.95. The number of hydrogen-bond donors (Lipinski definition) is 1. The molecule has 0 saturated carbocycles. The highest BCUT2D eigenvalue weighted by atomic mass is 32.2. The first-order chi connectivity index (χ1) is 9.73. The molecule has 1 aliphatic heterocycles. The van der Waals surface area contributed by atoms with Crippen molar-refractivity contribution >= 4 is 16.0 Å². The van der Waals surface area contributed by atoms with E-state index in [0.29, 0.717) is 26.2 Å². The van der Waals surface area contributed by atoms with Crippen molar-refractivity contribution in [2.75, 3.05) is 33.2 Å². The van der Waals surface area contributed by atoms with E-state index >= 15 is 0 Å². The maximum atomic E-state index is 13.8. The normalized spacial score (nSPS) is 17.9. The van der Waals surface area contributed by atoms with Crippen LogP contribution >= 0.6 is 0 Å². The third-order valence-electron chi connectivity index (χ3n) is 3.62. The number of benzene rings is 1. The molecule has 1 heterocycles. The van der Waals surface area contributed by atoms with E-state index in [4.69, 9.17) is 5.11 Å². The Morgan fingerprint density at radius 1 is 1.24 bits per heavy atom. The van der Waals surface area contributed by atoms with Crippen LogP contribution in [0.4, 0.5) is 4.39 Å². The van der Waals surface area contributed by atoms with Crippen LogP contribution in [0, 0.1) is 12.7 Å². The van der Waals surface area contributed by atoms with Gasteiger partial charge in [-0.15, -0.1) is 0 Å². The van der Waals surface area contributed by atoms with Crippen molar-refractivity contribution in [1.29, 1.82) is 0 Å². The summed E-state index contributed by atoms with van der Waals surface area (Å²) >= 11 is 0. The molecule has 2 rings (SSSR count). The summed E-state index contributed by atoms with van der Waals surface area (Å²) in [6, 6.07) is 1.86. The minimum atomic E-state index is -3.89. The van der Waals surface area contributed by atoms with Crippen LogP contribution in [-0.2, 0) is 10.0 Å². The number of sulfonamides is 1. The zero-order chi connectivity index (χ0) is 15.8. The number of carbonyl (C=O) groups is 1. The standard InChI is InChI=1S/C13H17FN2O4S/c1-9-11(14)7-10(13(17)18)8-12(9)21(19,20)16-5-3-15(2)4-6-16/h7-8H,3-6H2,1-2H3,(H,17,18). The van der Waals surface area contributed by atoms with Gasteiger partial charge in [-0.1, -0.05) is 0 Å². The Balaban J connectivity index is 2.47. The van der Waals surface area contributed by atoms with Gasteiger partial charge in [0, 0.05) is 31.7 Å². The van der Waals surface area contributed by atoms with E-state index in [-0.39, 0.29) is 16.0 Å². The Bertz CT molecular complexity index is 667. The molecule has 0 atom stereocenters. The van der Waals surface area contributed by atoms with Crippen molar-refractivity contribution in [3.05, 3.63) is 29.1 Å². The second kappa shape index (κ2) is 5.70. The Kier molecular flexibility index (Phi) is 4.31. The lowest BCUT2D eigenvalue weighted by Gasteiger charge is -2.32. The van der Waals surface area contributed by atoms with Crippen LogP contribution in [0.15, 0.2) is 17.0 Å². The number of halogens is 1. The van der Waals surface area contributed by atoms with Gasteiger partial charge in [-0.3, -0.25) is 0 Å². The van der Waals surface area contributed by atoms with E-state index in [1.807, 2.05) is 11.9 Å². The minimum absolute atomic E-state index is 0.0565. The molecule has 0 amide bonds. The maximum absolute atomic E-state index is 13.8. The van der Waals surface area contributed by atoms with E-state index in [1.165, 1.54) is 11.2 Å². The number of carboxylic acid groups (broad SMARTS) is 1. The zero-order valence-electron chi connectivity index (χ0n) is 11.8. The van der Waals surface area contributed by atoms with Crippen LogP contribution in [0.3, 0.4) is 0 Å². The summed E-state index contributed by atoms with van der Waals surface area (Å²) < 4.78 is 40.2. The highest BCUT2D eigenvalue weighted by molar-refractivity contribution is 7.89. The highest BCUT2D eigenvalue weighted by Gasteiger charge is 2.30. The molecule has 1 aliphatic rings. The zero-order valence-corrected chi connectivity index (χ0v) is 12.7. The van der Waals surface area contributed by atoms with Gasteiger partial charge in [0.2, 0.25) is 10.0 Å². The van der Waals surface area contributed by atoms with E-state index in [2.05, 4.69) is 0 Å². The molecular weight excluding hydrogens is 299 g/mol. The van der Waals surface area contributed by atoms with Crippen molar-refractivity contribution in [3.63, 3.8) is 0 Å². The quantitative estimate of drug-likeness (QED) is 0.891. The van der Waals surface area contributed by atoms with E-state index < -0.39 is 21.8 Å². The lowest BCUT2D eigenvalue weighted by atomic mass is 10.1. The number of nitrogens with zero attached hydrogens (tertiary/aromatic N) is 2. The Morgan fingerprint density at radius 2 is 1.81 bits per heavy atom.